The van der Waals surface area contributed by atoms with Crippen LogP contribution in [0.1, 0.15) is 19.3 Å². The van der Waals surface area contributed by atoms with Gasteiger partial charge < -0.3 is 10.2 Å². The Kier molecular flexibility index (Phi) is 3.97. The number of imidazole rings is 1. The van der Waals surface area contributed by atoms with Crippen molar-refractivity contribution < 1.29 is 0 Å². The molecule has 1 unspecified atom stereocenters. The second-order valence-electron chi connectivity index (χ2n) is 5.39. The lowest BCUT2D eigenvalue weighted by Gasteiger charge is -2.32. The molecule has 106 valence electrons. The highest BCUT2D eigenvalue weighted by molar-refractivity contribution is 5.43. The molecular weight excluding hydrogens is 250 g/mol. The van der Waals surface area contributed by atoms with Gasteiger partial charge in [0.15, 0.2) is 0 Å². The molecule has 1 fully saturated rings. The molecule has 1 saturated heterocycles. The van der Waals surface area contributed by atoms with E-state index in [1.165, 1.54) is 25.8 Å². The van der Waals surface area contributed by atoms with Crippen LogP contribution in [0.25, 0.3) is 5.82 Å². The highest BCUT2D eigenvalue weighted by atomic mass is 15.2. The molecule has 1 N–H and O–H groups in total. The van der Waals surface area contributed by atoms with Crippen LogP contribution in [0.3, 0.4) is 0 Å². The SMILES string of the molecule is CN1CCCCC1CNc1ccc(-n2ccnc2)nc1. The zero-order valence-electron chi connectivity index (χ0n) is 11.9. The van der Waals surface area contributed by atoms with E-state index in [4.69, 9.17) is 0 Å². The Bertz CT molecular complexity index is 520. The smallest absolute Gasteiger partial charge is 0.137 e. The van der Waals surface area contributed by atoms with Crippen molar-refractivity contribution in [3.63, 3.8) is 0 Å². The number of nitrogens with one attached hydrogen (secondary N) is 1. The average molecular weight is 271 g/mol. The number of hydrogen-bond donors (Lipinski definition) is 1. The molecule has 0 aliphatic carbocycles. The minimum Gasteiger partial charge on any atom is -0.382 e. The van der Waals surface area contributed by atoms with Gasteiger partial charge in [-0.2, -0.15) is 0 Å². The highest BCUT2D eigenvalue weighted by Gasteiger charge is 2.18. The summed E-state index contributed by atoms with van der Waals surface area (Å²) in [6.45, 7) is 2.20. The predicted molar refractivity (Wildman–Crippen MR) is 80.1 cm³/mol. The maximum Gasteiger partial charge on any atom is 0.137 e. The summed E-state index contributed by atoms with van der Waals surface area (Å²) in [5.41, 5.74) is 1.08. The largest absolute Gasteiger partial charge is 0.382 e. The summed E-state index contributed by atoms with van der Waals surface area (Å²) in [6, 6.07) is 4.72. The Balaban J connectivity index is 1.58. The molecule has 5 heteroatoms. The Morgan fingerprint density at radius 3 is 3.00 bits per heavy atom. The van der Waals surface area contributed by atoms with Crippen LogP contribution in [0.15, 0.2) is 37.1 Å². The molecule has 2 aromatic heterocycles. The van der Waals surface area contributed by atoms with Gasteiger partial charge in [0.25, 0.3) is 0 Å². The number of anilines is 1. The first-order valence-corrected chi connectivity index (χ1v) is 7.21. The summed E-state index contributed by atoms with van der Waals surface area (Å²) in [5.74, 6) is 0.892. The molecule has 2 aromatic rings. The standard InChI is InChI=1S/C15H21N5/c1-19-8-3-2-4-14(19)11-17-13-5-6-15(18-10-13)20-9-7-16-12-20/h5-7,9-10,12,14,17H,2-4,8,11H2,1H3. The number of pyridine rings is 1. The fraction of sp³-hybridized carbons (Fsp3) is 0.467. The fourth-order valence-corrected chi connectivity index (χ4v) is 2.68. The Labute approximate surface area is 119 Å². The van der Waals surface area contributed by atoms with Crippen LogP contribution in [-0.2, 0) is 0 Å². The van der Waals surface area contributed by atoms with Crippen molar-refractivity contribution in [1.82, 2.24) is 19.4 Å². The van der Waals surface area contributed by atoms with Crippen molar-refractivity contribution >= 4 is 5.69 Å². The molecule has 3 heterocycles. The van der Waals surface area contributed by atoms with Crippen molar-refractivity contribution in [1.29, 1.82) is 0 Å². The lowest BCUT2D eigenvalue weighted by molar-refractivity contribution is 0.194. The minimum absolute atomic E-state index is 0.636. The van der Waals surface area contributed by atoms with Gasteiger partial charge in [0, 0.05) is 25.0 Å². The van der Waals surface area contributed by atoms with Gasteiger partial charge in [-0.15, -0.1) is 0 Å². The molecule has 0 aromatic carbocycles. The van der Waals surface area contributed by atoms with E-state index in [0.29, 0.717) is 6.04 Å². The van der Waals surface area contributed by atoms with Gasteiger partial charge in [-0.25, -0.2) is 9.97 Å². The van der Waals surface area contributed by atoms with E-state index in [-0.39, 0.29) is 0 Å². The molecule has 0 spiro atoms. The number of nitrogens with zero attached hydrogens (tertiary/aromatic N) is 4. The van der Waals surface area contributed by atoms with Crippen LogP contribution in [0.2, 0.25) is 0 Å². The summed E-state index contributed by atoms with van der Waals surface area (Å²) >= 11 is 0. The quantitative estimate of drug-likeness (QED) is 0.925. The third-order valence-electron chi connectivity index (χ3n) is 3.98. The maximum atomic E-state index is 4.45. The zero-order valence-corrected chi connectivity index (χ0v) is 11.9. The Morgan fingerprint density at radius 1 is 1.35 bits per heavy atom. The minimum atomic E-state index is 0.636. The van der Waals surface area contributed by atoms with Gasteiger partial charge in [0.2, 0.25) is 0 Å². The average Bonchev–Trinajstić information content (AvgIpc) is 3.01. The van der Waals surface area contributed by atoms with Crippen molar-refractivity contribution in [2.24, 2.45) is 0 Å². The number of likely N-dealkylation sites (tertiary alicyclic amines) is 1. The van der Waals surface area contributed by atoms with E-state index < -0.39 is 0 Å². The summed E-state index contributed by atoms with van der Waals surface area (Å²) in [4.78, 5) is 10.9. The first-order valence-electron chi connectivity index (χ1n) is 7.21. The summed E-state index contributed by atoms with van der Waals surface area (Å²) < 4.78 is 1.90. The van der Waals surface area contributed by atoms with Gasteiger partial charge in [-0.05, 0) is 38.6 Å². The summed E-state index contributed by atoms with van der Waals surface area (Å²) in [7, 11) is 2.21. The molecule has 1 atom stereocenters. The van der Waals surface area contributed by atoms with Crippen molar-refractivity contribution in [3.05, 3.63) is 37.1 Å². The third-order valence-corrected chi connectivity index (χ3v) is 3.98. The fourth-order valence-electron chi connectivity index (χ4n) is 2.68. The lowest BCUT2D eigenvalue weighted by atomic mass is 10.0. The summed E-state index contributed by atoms with van der Waals surface area (Å²) in [6.07, 6.45) is 11.2. The van der Waals surface area contributed by atoms with Crippen LogP contribution in [-0.4, -0.2) is 45.6 Å². The van der Waals surface area contributed by atoms with E-state index in [0.717, 1.165) is 18.1 Å². The van der Waals surface area contributed by atoms with Crippen LogP contribution in [0.4, 0.5) is 5.69 Å². The molecule has 0 saturated carbocycles. The molecule has 0 amide bonds. The highest BCUT2D eigenvalue weighted by Crippen LogP contribution is 2.16. The van der Waals surface area contributed by atoms with Gasteiger partial charge in [-0.1, -0.05) is 6.42 Å². The second-order valence-corrected chi connectivity index (χ2v) is 5.39. The van der Waals surface area contributed by atoms with Crippen molar-refractivity contribution in [2.75, 3.05) is 25.5 Å². The molecule has 0 bridgehead atoms. The van der Waals surface area contributed by atoms with Crippen LogP contribution >= 0.6 is 0 Å². The molecule has 1 aliphatic rings. The number of likely N-dealkylation sites (N-methyl/N-ethyl adjacent to an activating group) is 1. The van der Waals surface area contributed by atoms with Crippen molar-refractivity contribution in [2.45, 2.75) is 25.3 Å². The van der Waals surface area contributed by atoms with Gasteiger partial charge in [0.05, 0.1) is 11.9 Å². The van der Waals surface area contributed by atoms with Crippen LogP contribution < -0.4 is 5.32 Å². The number of hydrogen-bond acceptors (Lipinski definition) is 4. The Hall–Kier alpha value is -1.88. The van der Waals surface area contributed by atoms with Gasteiger partial charge >= 0.3 is 0 Å². The first-order chi connectivity index (χ1) is 9.83. The second kappa shape index (κ2) is 6.05. The monoisotopic (exact) mass is 271 g/mol. The van der Waals surface area contributed by atoms with Crippen molar-refractivity contribution in [3.8, 4) is 5.82 Å². The first kappa shape index (κ1) is 13.1. The van der Waals surface area contributed by atoms with E-state index >= 15 is 0 Å². The van der Waals surface area contributed by atoms with Crippen LogP contribution in [0, 0.1) is 0 Å². The number of rotatable bonds is 4. The van der Waals surface area contributed by atoms with Gasteiger partial charge in [0.1, 0.15) is 12.1 Å². The zero-order chi connectivity index (χ0) is 13.8. The van der Waals surface area contributed by atoms with E-state index in [9.17, 15) is 0 Å². The normalized spacial score (nSPS) is 19.9. The Morgan fingerprint density at radius 2 is 2.30 bits per heavy atom. The maximum absolute atomic E-state index is 4.45. The predicted octanol–water partition coefficient (Wildman–Crippen LogP) is 2.16. The lowest BCUT2D eigenvalue weighted by Crippen LogP contribution is -2.40. The molecular formula is C15H21N5. The number of aromatic nitrogens is 3. The topological polar surface area (TPSA) is 46.0 Å². The number of piperidine rings is 1. The van der Waals surface area contributed by atoms with E-state index in [1.807, 2.05) is 23.0 Å². The van der Waals surface area contributed by atoms with E-state index in [1.54, 1.807) is 12.5 Å². The van der Waals surface area contributed by atoms with Gasteiger partial charge in [-0.3, -0.25) is 4.57 Å². The molecule has 0 radical (unpaired) electrons. The molecule has 5 nitrogen and oxygen atoms in total. The van der Waals surface area contributed by atoms with Crippen LogP contribution in [0.5, 0.6) is 0 Å². The van der Waals surface area contributed by atoms with E-state index in [2.05, 4.69) is 33.3 Å². The summed E-state index contributed by atoms with van der Waals surface area (Å²) in [5, 5.41) is 3.49. The molecule has 1 aliphatic heterocycles. The molecule has 3 rings (SSSR count). The molecule has 20 heavy (non-hydrogen) atoms. The third kappa shape index (κ3) is 2.99.